The first-order valence-corrected chi connectivity index (χ1v) is 6.08. The van der Waals surface area contributed by atoms with Crippen LogP contribution in [-0.4, -0.2) is 28.1 Å². The Bertz CT molecular complexity index is 676. The number of carbonyl (C=O) groups is 2. The van der Waals surface area contributed by atoms with Gasteiger partial charge in [0.15, 0.2) is 0 Å². The van der Waals surface area contributed by atoms with Gasteiger partial charge < -0.3 is 10.6 Å². The fourth-order valence-corrected chi connectivity index (χ4v) is 2.56. The van der Waals surface area contributed by atoms with Gasteiger partial charge in [-0.2, -0.15) is 5.10 Å². The van der Waals surface area contributed by atoms with Crippen LogP contribution < -0.4 is 10.6 Å². The number of fused-ring (bicyclic) bond motifs is 1. The van der Waals surface area contributed by atoms with Crippen molar-refractivity contribution in [2.45, 2.75) is 6.42 Å². The van der Waals surface area contributed by atoms with Crippen molar-refractivity contribution in [3.05, 3.63) is 24.4 Å². The lowest BCUT2D eigenvalue weighted by molar-refractivity contribution is -0.123. The van der Waals surface area contributed by atoms with Gasteiger partial charge in [0.25, 0.3) is 0 Å². The molecule has 2 heterocycles. The molecule has 1 unspecified atom stereocenters. The molecule has 2 aromatic rings. The normalized spacial score (nSPS) is 19.3. The van der Waals surface area contributed by atoms with Crippen LogP contribution >= 0.6 is 0 Å². The maximum atomic E-state index is 12.1. The first-order valence-electron chi connectivity index (χ1n) is 6.08. The third-order valence-electron chi connectivity index (χ3n) is 3.56. The van der Waals surface area contributed by atoms with Crippen LogP contribution in [0.3, 0.4) is 0 Å². The van der Waals surface area contributed by atoms with E-state index in [9.17, 15) is 9.59 Å². The highest BCUT2D eigenvalue weighted by Crippen LogP contribution is 2.31. The maximum absolute atomic E-state index is 12.1. The summed E-state index contributed by atoms with van der Waals surface area (Å²) < 4.78 is 1.73. The summed E-state index contributed by atoms with van der Waals surface area (Å²) in [5, 5.41) is 5.16. The van der Waals surface area contributed by atoms with E-state index >= 15 is 0 Å². The van der Waals surface area contributed by atoms with Crippen LogP contribution in [0.15, 0.2) is 24.4 Å². The highest BCUT2D eigenvalue weighted by atomic mass is 16.2. The van der Waals surface area contributed by atoms with E-state index < -0.39 is 11.8 Å². The van der Waals surface area contributed by atoms with Crippen LogP contribution in [-0.2, 0) is 16.6 Å². The summed E-state index contributed by atoms with van der Waals surface area (Å²) in [7, 11) is 1.83. The zero-order valence-corrected chi connectivity index (χ0v) is 10.5. The molecule has 0 saturated carbocycles. The summed E-state index contributed by atoms with van der Waals surface area (Å²) in [5.41, 5.74) is 6.96. The number of nitrogens with two attached hydrogens (primary N) is 1. The molecule has 0 bridgehead atoms. The second-order valence-corrected chi connectivity index (χ2v) is 4.79. The van der Waals surface area contributed by atoms with Crippen molar-refractivity contribution in [3.8, 4) is 0 Å². The van der Waals surface area contributed by atoms with Crippen LogP contribution in [0.5, 0.6) is 0 Å². The van der Waals surface area contributed by atoms with Crippen LogP contribution in [0.1, 0.15) is 6.42 Å². The molecule has 1 aliphatic heterocycles. The quantitative estimate of drug-likeness (QED) is 0.847. The minimum absolute atomic E-state index is 0.0718. The lowest BCUT2D eigenvalue weighted by Gasteiger charge is -2.17. The largest absolute Gasteiger partial charge is 0.369 e. The number of aryl methyl sites for hydroxylation is 1. The summed E-state index contributed by atoms with van der Waals surface area (Å²) >= 11 is 0. The number of anilines is 1. The Morgan fingerprint density at radius 2 is 2.26 bits per heavy atom. The Labute approximate surface area is 109 Å². The predicted octanol–water partition coefficient (Wildman–Crippen LogP) is 0.411. The molecule has 1 aromatic heterocycles. The number of amides is 2. The second-order valence-electron chi connectivity index (χ2n) is 4.79. The van der Waals surface area contributed by atoms with Crippen LogP contribution in [0.4, 0.5) is 5.69 Å². The number of aromatic nitrogens is 2. The molecule has 1 saturated heterocycles. The molecule has 0 radical (unpaired) electrons. The molecule has 0 aliphatic carbocycles. The lowest BCUT2D eigenvalue weighted by atomic mass is 10.1. The molecule has 6 heteroatoms. The summed E-state index contributed by atoms with van der Waals surface area (Å²) in [6, 6.07) is 5.69. The summed E-state index contributed by atoms with van der Waals surface area (Å²) in [6.07, 6.45) is 1.94. The van der Waals surface area contributed by atoms with Gasteiger partial charge in [0.1, 0.15) is 0 Å². The molecule has 6 nitrogen and oxygen atoms in total. The molecule has 1 fully saturated rings. The number of carbonyl (C=O) groups excluding carboxylic acids is 2. The van der Waals surface area contributed by atoms with E-state index in [1.165, 1.54) is 0 Å². The molecule has 2 amide bonds. The maximum Gasteiger partial charge on any atom is 0.227 e. The number of hydrogen-bond donors (Lipinski definition) is 1. The van der Waals surface area contributed by atoms with Crippen molar-refractivity contribution in [2.24, 2.45) is 18.7 Å². The lowest BCUT2D eigenvalue weighted by Crippen LogP contribution is -2.28. The molecule has 19 heavy (non-hydrogen) atoms. The molecule has 1 aliphatic rings. The second kappa shape index (κ2) is 4.08. The highest BCUT2D eigenvalue weighted by molar-refractivity contribution is 6.05. The Morgan fingerprint density at radius 1 is 1.47 bits per heavy atom. The molecule has 98 valence electrons. The van der Waals surface area contributed by atoms with E-state index in [2.05, 4.69) is 5.10 Å². The number of para-hydroxylation sites is 1. The van der Waals surface area contributed by atoms with E-state index in [-0.39, 0.29) is 12.3 Å². The standard InChI is InChI=1S/C13H14N4O2/c1-16-12-8(6-15-16)3-2-4-10(12)17-7-9(13(14)19)5-11(17)18/h2-4,6,9H,5,7H2,1H3,(H2,14,19). The van der Waals surface area contributed by atoms with Gasteiger partial charge in [-0.15, -0.1) is 0 Å². The summed E-state index contributed by atoms with van der Waals surface area (Å²) in [4.78, 5) is 24.9. The zero-order valence-electron chi connectivity index (χ0n) is 10.5. The van der Waals surface area contributed by atoms with Gasteiger partial charge in [-0.05, 0) is 6.07 Å². The van der Waals surface area contributed by atoms with E-state index in [4.69, 9.17) is 5.73 Å². The number of hydrogen-bond acceptors (Lipinski definition) is 3. The zero-order chi connectivity index (χ0) is 13.6. The molecular formula is C13H14N4O2. The fraction of sp³-hybridized carbons (Fsp3) is 0.308. The van der Waals surface area contributed by atoms with Crippen LogP contribution in [0, 0.1) is 5.92 Å². The minimum atomic E-state index is -0.423. The number of primary amides is 1. The van der Waals surface area contributed by atoms with Gasteiger partial charge in [-0.3, -0.25) is 14.3 Å². The average Bonchev–Trinajstić information content (AvgIpc) is 2.94. The molecule has 3 rings (SSSR count). The molecular weight excluding hydrogens is 244 g/mol. The highest BCUT2D eigenvalue weighted by Gasteiger charge is 2.34. The van der Waals surface area contributed by atoms with Crippen molar-refractivity contribution < 1.29 is 9.59 Å². The third kappa shape index (κ3) is 1.76. The van der Waals surface area contributed by atoms with Gasteiger partial charge in [0.05, 0.1) is 23.3 Å². The third-order valence-corrected chi connectivity index (χ3v) is 3.56. The Morgan fingerprint density at radius 3 is 2.95 bits per heavy atom. The van der Waals surface area contributed by atoms with Gasteiger partial charge in [-0.25, -0.2) is 0 Å². The van der Waals surface area contributed by atoms with Crippen LogP contribution in [0.2, 0.25) is 0 Å². The molecule has 2 N–H and O–H groups in total. The average molecular weight is 258 g/mol. The van der Waals surface area contributed by atoms with Crippen molar-refractivity contribution >= 4 is 28.4 Å². The fourth-order valence-electron chi connectivity index (χ4n) is 2.56. The summed E-state index contributed by atoms with van der Waals surface area (Å²) in [5.74, 6) is -0.901. The monoisotopic (exact) mass is 258 g/mol. The van der Waals surface area contributed by atoms with Crippen LogP contribution in [0.25, 0.3) is 10.9 Å². The Kier molecular flexibility index (Phi) is 2.51. The SMILES string of the molecule is Cn1ncc2cccc(N3CC(C(N)=O)CC3=O)c21. The van der Waals surface area contributed by atoms with Gasteiger partial charge >= 0.3 is 0 Å². The smallest absolute Gasteiger partial charge is 0.227 e. The number of benzene rings is 1. The van der Waals surface area contributed by atoms with Crippen molar-refractivity contribution in [3.63, 3.8) is 0 Å². The predicted molar refractivity (Wildman–Crippen MR) is 70.4 cm³/mol. The van der Waals surface area contributed by atoms with E-state index in [0.717, 1.165) is 16.6 Å². The topological polar surface area (TPSA) is 81.2 Å². The number of nitrogens with zero attached hydrogens (tertiary/aromatic N) is 3. The molecule has 1 atom stereocenters. The molecule has 1 aromatic carbocycles. The van der Waals surface area contributed by atoms with E-state index in [1.54, 1.807) is 15.8 Å². The van der Waals surface area contributed by atoms with Gasteiger partial charge in [0, 0.05) is 25.4 Å². The van der Waals surface area contributed by atoms with E-state index in [0.29, 0.717) is 6.54 Å². The summed E-state index contributed by atoms with van der Waals surface area (Å²) in [6.45, 7) is 0.346. The van der Waals surface area contributed by atoms with Crippen molar-refractivity contribution in [2.75, 3.05) is 11.4 Å². The first-order chi connectivity index (χ1) is 9.08. The van der Waals surface area contributed by atoms with Crippen molar-refractivity contribution in [1.29, 1.82) is 0 Å². The van der Waals surface area contributed by atoms with Gasteiger partial charge in [-0.1, -0.05) is 12.1 Å². The Hall–Kier alpha value is -2.37. The number of rotatable bonds is 2. The first kappa shape index (κ1) is 11.7. The minimum Gasteiger partial charge on any atom is -0.369 e. The van der Waals surface area contributed by atoms with Crippen molar-refractivity contribution in [1.82, 2.24) is 9.78 Å². The molecule has 0 spiro atoms. The van der Waals surface area contributed by atoms with E-state index in [1.807, 2.05) is 25.2 Å². The van der Waals surface area contributed by atoms with Gasteiger partial charge in [0.2, 0.25) is 11.8 Å². The Balaban J connectivity index is 2.08.